The summed E-state index contributed by atoms with van der Waals surface area (Å²) >= 11 is 0. The highest BCUT2D eigenvalue weighted by molar-refractivity contribution is 6.06. The Hall–Kier alpha value is -3.65. The number of carbonyl (C=O) groups excluding carboxylic acids is 3. The van der Waals surface area contributed by atoms with Crippen molar-refractivity contribution < 1.29 is 51.0 Å². The van der Waals surface area contributed by atoms with E-state index in [1.807, 2.05) is 5.32 Å². The lowest BCUT2D eigenvalue weighted by Crippen LogP contribution is -2.54. The summed E-state index contributed by atoms with van der Waals surface area (Å²) in [5, 5.41) is 11.4. The van der Waals surface area contributed by atoms with Gasteiger partial charge in [-0.05, 0) is 38.8 Å². The summed E-state index contributed by atoms with van der Waals surface area (Å²) in [6, 6.07) is 0.262. The number of alkyl halides is 5. The standard InChI is InChI=1S/C25H29F5N4O6/c1-13(2)34(14-4-3-8-32(12-14)23(38)39)21(36)15-10-17-18(11-16(15)25(28,29)30)40-24(5-6-24)22(37)33(17)9-7-31-20(35)19(26)27/h10-11,13-14,19H,3-9,12H2,1-2H3,(H,31,35)(H,38,39)/t14-/m1/s1. The molecule has 2 fully saturated rings. The van der Waals surface area contributed by atoms with Gasteiger partial charge < -0.3 is 29.9 Å². The molecule has 1 saturated carbocycles. The van der Waals surface area contributed by atoms with Crippen molar-refractivity contribution in [1.82, 2.24) is 15.1 Å². The van der Waals surface area contributed by atoms with Crippen LogP contribution in [0.5, 0.6) is 5.75 Å². The summed E-state index contributed by atoms with van der Waals surface area (Å²) in [7, 11) is 0. The third-order valence-electron chi connectivity index (χ3n) is 7.25. The molecule has 1 aromatic rings. The molecule has 10 nitrogen and oxygen atoms in total. The average Bonchev–Trinajstić information content (AvgIpc) is 3.65. The van der Waals surface area contributed by atoms with Gasteiger partial charge in [-0.15, -0.1) is 0 Å². The first kappa shape index (κ1) is 29.3. The number of benzene rings is 1. The number of nitrogens with zero attached hydrogens (tertiary/aromatic N) is 3. The minimum Gasteiger partial charge on any atom is -0.475 e. The van der Waals surface area contributed by atoms with Gasteiger partial charge in [-0.25, -0.2) is 4.79 Å². The van der Waals surface area contributed by atoms with E-state index in [-0.39, 0.29) is 43.9 Å². The van der Waals surface area contributed by atoms with Crippen LogP contribution in [0.4, 0.5) is 32.4 Å². The third kappa shape index (κ3) is 5.63. The Morgan fingerprint density at radius 2 is 1.90 bits per heavy atom. The number of nitrogens with one attached hydrogen (secondary N) is 1. The molecule has 220 valence electrons. The van der Waals surface area contributed by atoms with Crippen LogP contribution in [0, 0.1) is 0 Å². The molecule has 1 spiro atoms. The first-order valence-corrected chi connectivity index (χ1v) is 12.8. The number of halogens is 5. The molecule has 1 saturated heterocycles. The molecule has 3 aliphatic rings. The second kappa shape index (κ2) is 10.7. The largest absolute Gasteiger partial charge is 0.475 e. The van der Waals surface area contributed by atoms with Crippen LogP contribution in [0.2, 0.25) is 0 Å². The Morgan fingerprint density at radius 3 is 2.45 bits per heavy atom. The zero-order valence-electron chi connectivity index (χ0n) is 21.8. The molecule has 1 aliphatic carbocycles. The van der Waals surface area contributed by atoms with E-state index in [0.717, 1.165) is 15.9 Å². The minimum absolute atomic E-state index is 0.0778. The van der Waals surface area contributed by atoms with Gasteiger partial charge >= 0.3 is 18.7 Å². The SMILES string of the molecule is CC(C)N(C(=O)c1cc2c(cc1C(F)(F)F)OC1(CC1)C(=O)N2CCNC(=O)C(F)F)[C@@H]1CCCN(C(=O)O)C1. The predicted molar refractivity (Wildman–Crippen MR) is 129 cm³/mol. The highest BCUT2D eigenvalue weighted by Crippen LogP contribution is 2.51. The number of piperidine rings is 1. The lowest BCUT2D eigenvalue weighted by Gasteiger charge is -2.41. The fourth-order valence-electron chi connectivity index (χ4n) is 5.22. The Kier molecular flexibility index (Phi) is 7.87. The number of fused-ring (bicyclic) bond motifs is 1. The van der Waals surface area contributed by atoms with E-state index in [0.29, 0.717) is 18.9 Å². The molecule has 2 aliphatic heterocycles. The number of carboxylic acid groups (broad SMARTS) is 1. The van der Waals surface area contributed by atoms with Crippen molar-refractivity contribution in [2.24, 2.45) is 0 Å². The second-order valence-corrected chi connectivity index (χ2v) is 10.3. The summed E-state index contributed by atoms with van der Waals surface area (Å²) in [6.45, 7) is 2.59. The van der Waals surface area contributed by atoms with Gasteiger partial charge in [0.05, 0.1) is 22.9 Å². The number of hydrogen-bond acceptors (Lipinski definition) is 5. The Balaban J connectivity index is 1.75. The smallest absolute Gasteiger partial charge is 0.417 e. The van der Waals surface area contributed by atoms with Gasteiger partial charge in [0.25, 0.3) is 17.7 Å². The number of carbonyl (C=O) groups is 4. The monoisotopic (exact) mass is 576 g/mol. The van der Waals surface area contributed by atoms with E-state index >= 15 is 0 Å². The van der Waals surface area contributed by atoms with Gasteiger partial charge in [0.15, 0.2) is 5.60 Å². The lowest BCUT2D eigenvalue weighted by atomic mass is 9.97. The van der Waals surface area contributed by atoms with Crippen LogP contribution in [0.15, 0.2) is 12.1 Å². The number of ether oxygens (including phenoxy) is 1. The maximum absolute atomic E-state index is 14.3. The Labute approximate surface area is 226 Å². The van der Waals surface area contributed by atoms with Crippen LogP contribution < -0.4 is 15.0 Å². The fourth-order valence-corrected chi connectivity index (χ4v) is 5.22. The van der Waals surface area contributed by atoms with Crippen molar-refractivity contribution in [3.05, 3.63) is 23.3 Å². The molecule has 4 amide bonds. The highest BCUT2D eigenvalue weighted by atomic mass is 19.4. The Bertz CT molecular complexity index is 1200. The van der Waals surface area contributed by atoms with Crippen molar-refractivity contribution in [2.45, 2.75) is 69.8 Å². The van der Waals surface area contributed by atoms with Gasteiger partial charge in [0.1, 0.15) is 5.75 Å². The number of likely N-dealkylation sites (tertiary alicyclic amines) is 1. The summed E-state index contributed by atoms with van der Waals surface area (Å²) in [4.78, 5) is 53.2. The van der Waals surface area contributed by atoms with Crippen molar-refractivity contribution in [3.8, 4) is 5.75 Å². The van der Waals surface area contributed by atoms with E-state index in [2.05, 4.69) is 0 Å². The van der Waals surface area contributed by atoms with Crippen LogP contribution in [0.3, 0.4) is 0 Å². The second-order valence-electron chi connectivity index (χ2n) is 10.3. The first-order chi connectivity index (χ1) is 18.7. The van der Waals surface area contributed by atoms with Crippen molar-refractivity contribution in [3.63, 3.8) is 0 Å². The minimum atomic E-state index is -4.99. The normalized spacial score (nSPS) is 19.9. The van der Waals surface area contributed by atoms with Gasteiger partial charge in [0, 0.05) is 45.1 Å². The molecule has 2 N–H and O–H groups in total. The highest BCUT2D eigenvalue weighted by Gasteiger charge is 2.58. The number of amides is 4. The van der Waals surface area contributed by atoms with Crippen molar-refractivity contribution >= 4 is 29.5 Å². The van der Waals surface area contributed by atoms with Gasteiger partial charge in [0.2, 0.25) is 0 Å². The zero-order valence-corrected chi connectivity index (χ0v) is 21.8. The molecule has 15 heteroatoms. The number of rotatable bonds is 7. The molecule has 1 atom stereocenters. The molecule has 0 bridgehead atoms. The molecule has 1 aromatic carbocycles. The summed E-state index contributed by atoms with van der Waals surface area (Å²) in [5.41, 5.74) is -3.61. The van der Waals surface area contributed by atoms with Crippen molar-refractivity contribution in [1.29, 1.82) is 0 Å². The van der Waals surface area contributed by atoms with Crippen LogP contribution in [-0.2, 0) is 15.8 Å². The zero-order chi connectivity index (χ0) is 29.6. The molecule has 0 unspecified atom stereocenters. The summed E-state index contributed by atoms with van der Waals surface area (Å²) in [6.07, 6.45) is -8.23. The molecule has 40 heavy (non-hydrogen) atoms. The molecular formula is C25H29F5N4O6. The van der Waals surface area contributed by atoms with E-state index in [1.54, 1.807) is 13.8 Å². The lowest BCUT2D eigenvalue weighted by molar-refractivity contribution is -0.138. The maximum atomic E-state index is 14.3. The molecule has 0 aromatic heterocycles. The van der Waals surface area contributed by atoms with Crippen molar-refractivity contribution in [2.75, 3.05) is 31.1 Å². The number of anilines is 1. The van der Waals surface area contributed by atoms with Crippen LogP contribution >= 0.6 is 0 Å². The molecule has 0 radical (unpaired) electrons. The van der Waals surface area contributed by atoms with E-state index in [1.165, 1.54) is 4.90 Å². The van der Waals surface area contributed by atoms with E-state index in [9.17, 15) is 46.2 Å². The quantitative estimate of drug-likeness (QED) is 0.481. The van der Waals surface area contributed by atoms with Gasteiger partial charge in [-0.2, -0.15) is 22.0 Å². The summed E-state index contributed by atoms with van der Waals surface area (Å²) < 4.78 is 73.8. The van der Waals surface area contributed by atoms with Crippen LogP contribution in [0.1, 0.15) is 55.5 Å². The Morgan fingerprint density at radius 1 is 1.23 bits per heavy atom. The third-order valence-corrected chi connectivity index (χ3v) is 7.25. The first-order valence-electron chi connectivity index (χ1n) is 12.8. The van der Waals surface area contributed by atoms with Crippen LogP contribution in [-0.4, -0.2) is 89.0 Å². The van der Waals surface area contributed by atoms with Gasteiger partial charge in [-0.1, -0.05) is 0 Å². The number of hydrogen-bond donors (Lipinski definition) is 2. The van der Waals surface area contributed by atoms with E-state index < -0.39 is 71.8 Å². The summed E-state index contributed by atoms with van der Waals surface area (Å²) in [5.74, 6) is -3.49. The maximum Gasteiger partial charge on any atom is 0.417 e. The van der Waals surface area contributed by atoms with Gasteiger partial charge in [-0.3, -0.25) is 14.4 Å². The topological polar surface area (TPSA) is 119 Å². The molecular weight excluding hydrogens is 547 g/mol. The fraction of sp³-hybridized carbons (Fsp3) is 0.600. The molecule has 2 heterocycles. The average molecular weight is 577 g/mol. The van der Waals surface area contributed by atoms with E-state index in [4.69, 9.17) is 4.74 Å². The van der Waals surface area contributed by atoms with Crippen LogP contribution in [0.25, 0.3) is 0 Å². The molecule has 4 rings (SSSR count). The predicted octanol–water partition coefficient (Wildman–Crippen LogP) is 3.34.